The van der Waals surface area contributed by atoms with E-state index < -0.39 is 10.0 Å². The normalized spacial score (nSPS) is 14.0. The van der Waals surface area contributed by atoms with Gasteiger partial charge in [-0.05, 0) is 60.7 Å². The molecule has 1 amide bonds. The highest BCUT2D eigenvalue weighted by Gasteiger charge is 2.23. The van der Waals surface area contributed by atoms with Gasteiger partial charge < -0.3 is 10.0 Å². The molecule has 0 saturated heterocycles. The van der Waals surface area contributed by atoms with E-state index in [1.807, 2.05) is 0 Å². The minimum absolute atomic E-state index is 0.0453. The summed E-state index contributed by atoms with van der Waals surface area (Å²) < 4.78 is 28.2. The number of aliphatic hydroxyl groups is 1. The van der Waals surface area contributed by atoms with Gasteiger partial charge in [0.25, 0.3) is 10.0 Å². The summed E-state index contributed by atoms with van der Waals surface area (Å²) in [6.45, 7) is 3.81. The molecule has 1 aliphatic rings. The molecule has 2 aromatic rings. The number of aliphatic hydroxyl groups excluding tert-OH is 1. The maximum atomic E-state index is 12.8. The van der Waals surface area contributed by atoms with Gasteiger partial charge in [-0.25, -0.2) is 8.42 Å². The van der Waals surface area contributed by atoms with Crippen LogP contribution in [0.1, 0.15) is 30.0 Å². The molecule has 0 aliphatic carbocycles. The number of benzene rings is 2. The van der Waals surface area contributed by atoms with Gasteiger partial charge in [0.1, 0.15) is 0 Å². The summed E-state index contributed by atoms with van der Waals surface area (Å²) in [5, 5.41) is 9.26. The Morgan fingerprint density at radius 2 is 2.00 bits per heavy atom. The van der Waals surface area contributed by atoms with E-state index in [1.54, 1.807) is 42.2 Å². The van der Waals surface area contributed by atoms with Gasteiger partial charge in [0.2, 0.25) is 5.91 Å². The molecule has 0 spiro atoms. The van der Waals surface area contributed by atoms with E-state index in [9.17, 15) is 18.3 Å². The molecule has 1 heterocycles. The molecular weight excluding hydrogens is 352 g/mol. The molecule has 2 N–H and O–H groups in total. The van der Waals surface area contributed by atoms with Crippen LogP contribution in [-0.4, -0.2) is 26.0 Å². The van der Waals surface area contributed by atoms with E-state index in [4.69, 9.17) is 0 Å². The number of carbonyl (C=O) groups excluding carboxylic acids is 1. The molecule has 0 saturated carbocycles. The Balaban J connectivity index is 1.95. The highest BCUT2D eigenvalue weighted by molar-refractivity contribution is 7.92. The third kappa shape index (κ3) is 3.59. The Morgan fingerprint density at radius 3 is 2.69 bits per heavy atom. The standard InChI is InChI=1S/C19H22N2O4S/c1-13-5-6-15(12-22)10-18(13)20-26(24,25)17-7-8-19-16(11-17)4-3-9-21(19)14(2)23/h5-8,10-11,20,22H,3-4,9,12H2,1-2H3. The smallest absolute Gasteiger partial charge is 0.261 e. The van der Waals surface area contributed by atoms with Gasteiger partial charge in [0, 0.05) is 19.2 Å². The van der Waals surface area contributed by atoms with Crippen molar-refractivity contribution in [2.24, 2.45) is 0 Å². The monoisotopic (exact) mass is 374 g/mol. The number of nitrogens with one attached hydrogen (secondary N) is 1. The van der Waals surface area contributed by atoms with Gasteiger partial charge in [-0.3, -0.25) is 9.52 Å². The van der Waals surface area contributed by atoms with Crippen LogP contribution >= 0.6 is 0 Å². The first-order chi connectivity index (χ1) is 12.3. The van der Waals surface area contributed by atoms with Crippen LogP contribution in [0.2, 0.25) is 0 Å². The lowest BCUT2D eigenvalue weighted by Gasteiger charge is -2.28. The second kappa shape index (κ2) is 7.09. The lowest BCUT2D eigenvalue weighted by molar-refractivity contribution is -0.116. The van der Waals surface area contributed by atoms with Crippen molar-refractivity contribution in [1.82, 2.24) is 0 Å². The Morgan fingerprint density at radius 1 is 1.23 bits per heavy atom. The molecule has 2 aromatic carbocycles. The number of rotatable bonds is 4. The maximum Gasteiger partial charge on any atom is 0.261 e. The number of nitrogens with zero attached hydrogens (tertiary/aromatic N) is 1. The van der Waals surface area contributed by atoms with Crippen molar-refractivity contribution in [1.29, 1.82) is 0 Å². The molecule has 26 heavy (non-hydrogen) atoms. The Kier molecular flexibility index (Phi) is 5.02. The van der Waals surface area contributed by atoms with E-state index in [-0.39, 0.29) is 17.4 Å². The van der Waals surface area contributed by atoms with Crippen LogP contribution in [0.25, 0.3) is 0 Å². The molecule has 0 unspecified atom stereocenters. The Hall–Kier alpha value is -2.38. The molecule has 0 aromatic heterocycles. The summed E-state index contributed by atoms with van der Waals surface area (Å²) in [6.07, 6.45) is 1.54. The molecule has 0 radical (unpaired) electrons. The third-order valence-corrected chi connectivity index (χ3v) is 5.95. The highest BCUT2D eigenvalue weighted by Crippen LogP contribution is 2.30. The molecular formula is C19H22N2O4S. The Labute approximate surface area is 153 Å². The fourth-order valence-electron chi connectivity index (χ4n) is 3.15. The largest absolute Gasteiger partial charge is 0.392 e. The number of amides is 1. The first-order valence-electron chi connectivity index (χ1n) is 8.46. The van der Waals surface area contributed by atoms with Crippen LogP contribution in [0.4, 0.5) is 11.4 Å². The van der Waals surface area contributed by atoms with E-state index in [0.29, 0.717) is 17.8 Å². The maximum absolute atomic E-state index is 12.8. The van der Waals surface area contributed by atoms with E-state index in [0.717, 1.165) is 29.7 Å². The molecule has 3 rings (SSSR count). The molecule has 0 fully saturated rings. The van der Waals surface area contributed by atoms with Crippen molar-refractivity contribution in [3.63, 3.8) is 0 Å². The minimum atomic E-state index is -3.77. The molecule has 7 heteroatoms. The van der Waals surface area contributed by atoms with Crippen LogP contribution in [0.5, 0.6) is 0 Å². The summed E-state index contributed by atoms with van der Waals surface area (Å²) in [5.74, 6) is -0.0453. The van der Waals surface area contributed by atoms with Crippen molar-refractivity contribution in [3.05, 3.63) is 53.1 Å². The van der Waals surface area contributed by atoms with Crippen molar-refractivity contribution in [2.45, 2.75) is 38.2 Å². The number of aryl methyl sites for hydroxylation is 2. The quantitative estimate of drug-likeness (QED) is 0.861. The zero-order valence-electron chi connectivity index (χ0n) is 14.8. The van der Waals surface area contributed by atoms with Crippen LogP contribution < -0.4 is 9.62 Å². The number of fused-ring (bicyclic) bond motifs is 1. The van der Waals surface area contributed by atoms with E-state index >= 15 is 0 Å². The Bertz CT molecular complexity index is 954. The molecule has 0 bridgehead atoms. The average molecular weight is 374 g/mol. The van der Waals surface area contributed by atoms with Gasteiger partial charge >= 0.3 is 0 Å². The van der Waals surface area contributed by atoms with Crippen molar-refractivity contribution in [2.75, 3.05) is 16.2 Å². The average Bonchev–Trinajstić information content (AvgIpc) is 2.62. The molecule has 1 aliphatic heterocycles. The number of sulfonamides is 1. The molecule has 6 nitrogen and oxygen atoms in total. The van der Waals surface area contributed by atoms with Crippen molar-refractivity contribution >= 4 is 27.3 Å². The topological polar surface area (TPSA) is 86.7 Å². The lowest BCUT2D eigenvalue weighted by Crippen LogP contribution is -2.33. The highest BCUT2D eigenvalue weighted by atomic mass is 32.2. The zero-order chi connectivity index (χ0) is 18.9. The third-order valence-electron chi connectivity index (χ3n) is 4.59. The van der Waals surface area contributed by atoms with Gasteiger partial charge in [-0.2, -0.15) is 0 Å². The van der Waals surface area contributed by atoms with Crippen LogP contribution in [0.3, 0.4) is 0 Å². The predicted octanol–water partition coefficient (Wildman–Crippen LogP) is 2.59. The molecule has 138 valence electrons. The zero-order valence-corrected chi connectivity index (χ0v) is 15.6. The summed E-state index contributed by atoms with van der Waals surface area (Å²) in [6, 6.07) is 10.00. The first kappa shape index (κ1) is 18.4. The number of hydrogen-bond acceptors (Lipinski definition) is 4. The van der Waals surface area contributed by atoms with Crippen LogP contribution in [0.15, 0.2) is 41.3 Å². The minimum Gasteiger partial charge on any atom is -0.392 e. The van der Waals surface area contributed by atoms with Crippen molar-refractivity contribution < 1.29 is 18.3 Å². The lowest BCUT2D eigenvalue weighted by atomic mass is 10.0. The first-order valence-corrected chi connectivity index (χ1v) is 9.94. The number of anilines is 2. The summed E-state index contributed by atoms with van der Waals surface area (Å²) in [7, 11) is -3.77. The van der Waals surface area contributed by atoms with Gasteiger partial charge in [0.15, 0.2) is 0 Å². The van der Waals surface area contributed by atoms with Crippen molar-refractivity contribution in [3.8, 4) is 0 Å². The molecule has 0 atom stereocenters. The number of hydrogen-bond donors (Lipinski definition) is 2. The summed E-state index contributed by atoms with van der Waals surface area (Å²) >= 11 is 0. The second-order valence-electron chi connectivity index (χ2n) is 6.48. The SMILES string of the molecule is CC(=O)N1CCCc2cc(S(=O)(=O)Nc3cc(CO)ccc3C)ccc21. The summed E-state index contributed by atoms with van der Waals surface area (Å²) in [5.41, 5.74) is 3.48. The van der Waals surface area contributed by atoms with Gasteiger partial charge in [0.05, 0.1) is 17.2 Å². The van der Waals surface area contributed by atoms with Crippen LogP contribution in [0, 0.1) is 6.92 Å². The second-order valence-corrected chi connectivity index (χ2v) is 8.16. The van der Waals surface area contributed by atoms with Gasteiger partial charge in [-0.15, -0.1) is 0 Å². The van der Waals surface area contributed by atoms with E-state index in [2.05, 4.69) is 4.72 Å². The van der Waals surface area contributed by atoms with Crippen LogP contribution in [-0.2, 0) is 27.8 Å². The fraction of sp³-hybridized carbons (Fsp3) is 0.316. The summed E-state index contributed by atoms with van der Waals surface area (Å²) in [4.78, 5) is 13.6. The number of carbonyl (C=O) groups is 1. The fourth-order valence-corrected chi connectivity index (χ4v) is 4.32. The predicted molar refractivity (Wildman–Crippen MR) is 101 cm³/mol. The van der Waals surface area contributed by atoms with Gasteiger partial charge in [-0.1, -0.05) is 12.1 Å². The van der Waals surface area contributed by atoms with E-state index in [1.165, 1.54) is 13.0 Å².